The maximum atomic E-state index is 12.0. The zero-order chi connectivity index (χ0) is 17.9. The molecule has 2 aliphatic rings. The molecule has 134 valence electrons. The minimum Gasteiger partial charge on any atom is -0.375 e. The Morgan fingerprint density at radius 1 is 1.28 bits per heavy atom. The zero-order valence-electron chi connectivity index (χ0n) is 13.8. The number of carbonyl (C=O) groups excluding carboxylic acids is 1. The highest BCUT2D eigenvalue weighted by molar-refractivity contribution is 5.68. The van der Waals surface area contributed by atoms with Crippen LogP contribution in [0, 0.1) is 0 Å². The fourth-order valence-corrected chi connectivity index (χ4v) is 3.28. The summed E-state index contributed by atoms with van der Waals surface area (Å²) in [5.41, 5.74) is 8.18. The molecule has 0 unspecified atom stereocenters. The molecule has 1 aromatic carbocycles. The van der Waals surface area contributed by atoms with Crippen LogP contribution in [0.4, 0.5) is 0 Å². The number of rotatable bonds is 5. The molecule has 2 fully saturated rings. The van der Waals surface area contributed by atoms with Gasteiger partial charge in [0.1, 0.15) is 24.6 Å². The molecule has 0 spiro atoms. The van der Waals surface area contributed by atoms with Crippen molar-refractivity contribution in [3.63, 3.8) is 0 Å². The molecule has 9 nitrogen and oxygen atoms in total. The second kappa shape index (κ2) is 7.49. The Labute approximate surface area is 144 Å². The maximum Gasteiger partial charge on any atom is 0.185 e. The molecule has 0 aliphatic carbocycles. The second-order valence-corrected chi connectivity index (χ2v) is 5.76. The number of ether oxygens (including phenoxy) is 5. The number of fused-ring (bicyclic) bond motifs is 1. The van der Waals surface area contributed by atoms with Gasteiger partial charge in [0.25, 0.3) is 0 Å². The van der Waals surface area contributed by atoms with Gasteiger partial charge in [-0.15, -0.1) is 0 Å². The SMILES string of the molecule is CO[C@H]1O[C@@H]2CO[C@@H](c3ccccc3)O[C@H]2[C@@](C=O)(N=[N+]=[N-])[C@H]1OC. The smallest absolute Gasteiger partial charge is 0.185 e. The van der Waals surface area contributed by atoms with Gasteiger partial charge in [-0.1, -0.05) is 35.4 Å². The van der Waals surface area contributed by atoms with Crippen LogP contribution in [0.5, 0.6) is 0 Å². The second-order valence-electron chi connectivity index (χ2n) is 5.76. The van der Waals surface area contributed by atoms with E-state index in [-0.39, 0.29) is 6.61 Å². The van der Waals surface area contributed by atoms with Crippen LogP contribution < -0.4 is 0 Å². The van der Waals surface area contributed by atoms with Crippen LogP contribution in [0.25, 0.3) is 10.4 Å². The minimum atomic E-state index is -1.64. The van der Waals surface area contributed by atoms with E-state index < -0.39 is 36.4 Å². The number of carbonyl (C=O) groups is 1. The molecule has 2 saturated heterocycles. The first-order valence-corrected chi connectivity index (χ1v) is 7.75. The summed E-state index contributed by atoms with van der Waals surface area (Å²) in [6.07, 6.45) is -3.55. The molecule has 25 heavy (non-hydrogen) atoms. The van der Waals surface area contributed by atoms with Crippen molar-refractivity contribution in [1.29, 1.82) is 0 Å². The Morgan fingerprint density at radius 2 is 2.04 bits per heavy atom. The van der Waals surface area contributed by atoms with Crippen LogP contribution in [-0.2, 0) is 28.5 Å². The molecule has 0 saturated carbocycles. The highest BCUT2D eigenvalue weighted by Crippen LogP contribution is 2.41. The van der Waals surface area contributed by atoms with Crippen molar-refractivity contribution in [1.82, 2.24) is 0 Å². The van der Waals surface area contributed by atoms with E-state index in [0.717, 1.165) is 5.56 Å². The average Bonchev–Trinajstić information content (AvgIpc) is 2.67. The molecule has 0 aromatic heterocycles. The van der Waals surface area contributed by atoms with Gasteiger partial charge in [0.05, 0.1) is 6.61 Å². The number of nitrogens with zero attached hydrogens (tertiary/aromatic N) is 3. The van der Waals surface area contributed by atoms with E-state index in [0.29, 0.717) is 6.29 Å². The van der Waals surface area contributed by atoms with Gasteiger partial charge >= 0.3 is 0 Å². The minimum absolute atomic E-state index is 0.150. The number of benzene rings is 1. The molecular weight excluding hydrogens is 330 g/mol. The van der Waals surface area contributed by atoms with Crippen molar-refractivity contribution in [2.45, 2.75) is 36.4 Å². The fourth-order valence-electron chi connectivity index (χ4n) is 3.28. The molecule has 0 radical (unpaired) electrons. The molecule has 3 rings (SSSR count). The van der Waals surface area contributed by atoms with E-state index in [9.17, 15) is 4.79 Å². The Kier molecular flexibility index (Phi) is 5.33. The Balaban J connectivity index is 1.98. The summed E-state index contributed by atoms with van der Waals surface area (Å²) in [4.78, 5) is 14.9. The number of hydrogen-bond acceptors (Lipinski definition) is 7. The van der Waals surface area contributed by atoms with Gasteiger partial charge in [0, 0.05) is 24.7 Å². The molecule has 0 N–H and O–H groups in total. The molecule has 2 heterocycles. The van der Waals surface area contributed by atoms with Gasteiger partial charge in [-0.25, -0.2) is 0 Å². The van der Waals surface area contributed by atoms with Crippen LogP contribution >= 0.6 is 0 Å². The average molecular weight is 349 g/mol. The molecule has 2 aliphatic heterocycles. The predicted octanol–water partition coefficient (Wildman–Crippen LogP) is 1.73. The van der Waals surface area contributed by atoms with Gasteiger partial charge in [0.2, 0.25) is 0 Å². The van der Waals surface area contributed by atoms with Gasteiger partial charge in [0.15, 0.2) is 18.1 Å². The lowest BCUT2D eigenvalue weighted by Crippen LogP contribution is -2.69. The van der Waals surface area contributed by atoms with Crippen LogP contribution in [-0.4, -0.2) is 57.3 Å². The predicted molar refractivity (Wildman–Crippen MR) is 84.4 cm³/mol. The van der Waals surface area contributed by atoms with Crippen molar-refractivity contribution in [3.05, 3.63) is 46.3 Å². The van der Waals surface area contributed by atoms with E-state index in [1.807, 2.05) is 30.3 Å². The van der Waals surface area contributed by atoms with E-state index in [2.05, 4.69) is 10.0 Å². The van der Waals surface area contributed by atoms with Gasteiger partial charge in [-0.2, -0.15) is 0 Å². The number of hydrogen-bond donors (Lipinski definition) is 0. The number of methoxy groups -OCH3 is 2. The summed E-state index contributed by atoms with van der Waals surface area (Å²) >= 11 is 0. The molecule has 6 atom stereocenters. The Bertz CT molecular complexity index is 653. The first kappa shape index (κ1) is 17.8. The van der Waals surface area contributed by atoms with Crippen molar-refractivity contribution in [2.24, 2.45) is 5.11 Å². The summed E-state index contributed by atoms with van der Waals surface area (Å²) in [6, 6.07) is 9.27. The lowest BCUT2D eigenvalue weighted by atomic mass is 9.81. The summed E-state index contributed by atoms with van der Waals surface area (Å²) in [6.45, 7) is 0.150. The maximum absolute atomic E-state index is 12.0. The standard InChI is InChI=1S/C16H19N3O6/c1-21-13-15(22-2)24-11-8-23-14(10-6-4-3-5-7-10)25-12(11)16(13,9-20)18-19-17/h3-7,9,11-15H,8H2,1-2H3/t11-,12-,13+,14-,15+,16-/m1/s1. The number of azide groups is 1. The van der Waals surface area contributed by atoms with Crippen molar-refractivity contribution in [2.75, 3.05) is 20.8 Å². The number of aldehydes is 1. The van der Waals surface area contributed by atoms with Crippen LogP contribution in [0.1, 0.15) is 11.9 Å². The summed E-state index contributed by atoms with van der Waals surface area (Å²) in [5, 5.41) is 3.74. The normalized spacial score (nSPS) is 37.6. The third-order valence-corrected chi connectivity index (χ3v) is 4.45. The Hall–Kier alpha value is -2.00. The molecule has 9 heteroatoms. The van der Waals surface area contributed by atoms with E-state index in [4.69, 9.17) is 29.2 Å². The lowest BCUT2D eigenvalue weighted by Gasteiger charge is -2.51. The molecule has 0 bridgehead atoms. The Morgan fingerprint density at radius 3 is 2.64 bits per heavy atom. The summed E-state index contributed by atoms with van der Waals surface area (Å²) < 4.78 is 28.1. The van der Waals surface area contributed by atoms with E-state index in [1.165, 1.54) is 14.2 Å². The highest BCUT2D eigenvalue weighted by Gasteiger charge is 2.60. The quantitative estimate of drug-likeness (QED) is 0.346. The topological polar surface area (TPSA) is 112 Å². The van der Waals surface area contributed by atoms with Crippen molar-refractivity contribution < 1.29 is 28.5 Å². The fraction of sp³-hybridized carbons (Fsp3) is 0.562. The monoisotopic (exact) mass is 349 g/mol. The van der Waals surface area contributed by atoms with E-state index in [1.54, 1.807) is 0 Å². The van der Waals surface area contributed by atoms with Crippen molar-refractivity contribution >= 4 is 6.29 Å². The largest absolute Gasteiger partial charge is 0.375 e. The first-order chi connectivity index (χ1) is 12.2. The van der Waals surface area contributed by atoms with Gasteiger partial charge in [-0.3, -0.25) is 0 Å². The lowest BCUT2D eigenvalue weighted by molar-refractivity contribution is -0.350. The molecule has 0 amide bonds. The summed E-state index contributed by atoms with van der Waals surface area (Å²) in [7, 11) is 2.81. The third kappa shape index (κ3) is 3.02. The van der Waals surface area contributed by atoms with Crippen LogP contribution in [0.3, 0.4) is 0 Å². The summed E-state index contributed by atoms with van der Waals surface area (Å²) in [5.74, 6) is 0. The van der Waals surface area contributed by atoms with E-state index >= 15 is 0 Å². The third-order valence-electron chi connectivity index (χ3n) is 4.45. The first-order valence-electron chi connectivity index (χ1n) is 7.75. The van der Waals surface area contributed by atoms with Crippen molar-refractivity contribution in [3.8, 4) is 0 Å². The van der Waals surface area contributed by atoms with Gasteiger partial charge < -0.3 is 28.5 Å². The zero-order valence-corrected chi connectivity index (χ0v) is 13.8. The molecular formula is C16H19N3O6. The van der Waals surface area contributed by atoms with Crippen LogP contribution in [0.2, 0.25) is 0 Å². The molecule has 1 aromatic rings. The van der Waals surface area contributed by atoms with Crippen LogP contribution in [0.15, 0.2) is 35.4 Å². The highest BCUT2D eigenvalue weighted by atomic mass is 16.8. The van der Waals surface area contributed by atoms with Gasteiger partial charge in [-0.05, 0) is 5.53 Å².